The summed E-state index contributed by atoms with van der Waals surface area (Å²) < 4.78 is 16.6. The molecule has 0 bridgehead atoms. The van der Waals surface area contributed by atoms with Crippen LogP contribution < -0.4 is 19.7 Å². The predicted molar refractivity (Wildman–Crippen MR) is 153 cm³/mol. The summed E-state index contributed by atoms with van der Waals surface area (Å²) in [4.78, 5) is 28.6. The van der Waals surface area contributed by atoms with Gasteiger partial charge >= 0.3 is 0 Å². The Morgan fingerprint density at radius 3 is 2.49 bits per heavy atom. The Morgan fingerprint density at radius 2 is 1.87 bits per heavy atom. The molecule has 206 valence electrons. The highest BCUT2D eigenvalue weighted by Crippen LogP contribution is 2.47. The van der Waals surface area contributed by atoms with Crippen molar-refractivity contribution >= 4 is 51.7 Å². The molecule has 2 saturated heterocycles. The van der Waals surface area contributed by atoms with Gasteiger partial charge in [0, 0.05) is 48.6 Å². The van der Waals surface area contributed by atoms with Crippen molar-refractivity contribution in [1.29, 1.82) is 0 Å². The van der Waals surface area contributed by atoms with E-state index in [1.54, 1.807) is 12.3 Å². The number of ketones is 1. The first kappa shape index (κ1) is 27.4. The predicted octanol–water partition coefficient (Wildman–Crippen LogP) is 5.43. The molecule has 9 nitrogen and oxygen atoms in total. The molecule has 2 fully saturated rings. The van der Waals surface area contributed by atoms with Crippen molar-refractivity contribution in [2.75, 3.05) is 50.7 Å². The molecule has 0 radical (unpaired) electrons. The standard InChI is InChI=1S/C28H31Cl2N5O4/c1-6-17(36)7-16-11-39-12-19(16)33-27-31-10-15-8-18(22-23(29)20(37-4)9-21(38-5)24(22)30)32-26(25(15)34-27)35-13-28(2,3)14-35/h6,8-10,16,19H,1,7,11-14H2,2-5H3,(H,31,33,34)/t16-,19+/m0/s1. The minimum absolute atomic E-state index is 0.0114. The highest BCUT2D eigenvalue weighted by atomic mass is 35.5. The van der Waals surface area contributed by atoms with E-state index in [-0.39, 0.29) is 23.2 Å². The molecule has 5 rings (SSSR count). The van der Waals surface area contributed by atoms with Gasteiger partial charge in [0.1, 0.15) is 17.0 Å². The first-order valence-electron chi connectivity index (χ1n) is 12.7. The molecular weight excluding hydrogens is 541 g/mol. The number of benzene rings is 1. The fourth-order valence-electron chi connectivity index (χ4n) is 5.15. The molecule has 0 amide bonds. The lowest BCUT2D eigenvalue weighted by Crippen LogP contribution is -2.53. The lowest BCUT2D eigenvalue weighted by molar-refractivity contribution is -0.115. The van der Waals surface area contributed by atoms with E-state index in [0.29, 0.717) is 69.7 Å². The zero-order valence-corrected chi connectivity index (χ0v) is 23.9. The summed E-state index contributed by atoms with van der Waals surface area (Å²) in [7, 11) is 3.07. The van der Waals surface area contributed by atoms with Crippen LogP contribution in [0.4, 0.5) is 11.8 Å². The third-order valence-electron chi connectivity index (χ3n) is 7.12. The molecule has 0 unspecified atom stereocenters. The maximum atomic E-state index is 11.9. The fraction of sp³-hybridized carbons (Fsp3) is 0.429. The zero-order chi connectivity index (χ0) is 27.9. The van der Waals surface area contributed by atoms with Crippen LogP contribution in [0.25, 0.3) is 22.2 Å². The maximum absolute atomic E-state index is 11.9. The van der Waals surface area contributed by atoms with E-state index in [9.17, 15) is 4.79 Å². The number of methoxy groups -OCH3 is 2. The van der Waals surface area contributed by atoms with Gasteiger partial charge < -0.3 is 24.4 Å². The van der Waals surface area contributed by atoms with Crippen molar-refractivity contribution in [1.82, 2.24) is 15.0 Å². The Labute approximate surface area is 237 Å². The van der Waals surface area contributed by atoms with E-state index in [1.807, 2.05) is 6.07 Å². The zero-order valence-electron chi connectivity index (χ0n) is 22.4. The van der Waals surface area contributed by atoms with Crippen molar-refractivity contribution in [2.45, 2.75) is 26.3 Å². The van der Waals surface area contributed by atoms with Crippen LogP contribution in [0.5, 0.6) is 11.5 Å². The highest BCUT2D eigenvalue weighted by molar-refractivity contribution is 6.41. The van der Waals surface area contributed by atoms with Crippen LogP contribution in [0.3, 0.4) is 0 Å². The molecule has 4 heterocycles. The summed E-state index contributed by atoms with van der Waals surface area (Å²) >= 11 is 13.5. The first-order valence-corrected chi connectivity index (χ1v) is 13.4. The van der Waals surface area contributed by atoms with Gasteiger partial charge in [-0.05, 0) is 17.6 Å². The SMILES string of the molecule is C=CC(=O)C[C@H]1COC[C@H]1Nc1ncc2cc(-c3c(Cl)c(OC)cc(OC)c3Cl)nc(N3CC(C)(C)C3)c2n1. The molecule has 2 atom stereocenters. The molecule has 1 aromatic carbocycles. The number of allylic oxidation sites excluding steroid dienone is 1. The van der Waals surface area contributed by atoms with Crippen molar-refractivity contribution in [3.63, 3.8) is 0 Å². The van der Waals surface area contributed by atoms with Crippen LogP contribution in [0, 0.1) is 11.3 Å². The average Bonchev–Trinajstić information content (AvgIpc) is 3.33. The number of anilines is 2. The molecule has 2 aliphatic heterocycles. The van der Waals surface area contributed by atoms with E-state index in [0.717, 1.165) is 18.5 Å². The number of halogens is 2. The van der Waals surface area contributed by atoms with Gasteiger partial charge in [0.05, 0.1) is 49.2 Å². The van der Waals surface area contributed by atoms with Crippen molar-refractivity contribution < 1.29 is 19.0 Å². The Hall–Kier alpha value is -3.14. The minimum atomic E-state index is -0.0909. The monoisotopic (exact) mass is 571 g/mol. The topological polar surface area (TPSA) is 98.7 Å². The highest BCUT2D eigenvalue weighted by Gasteiger charge is 2.37. The van der Waals surface area contributed by atoms with E-state index < -0.39 is 0 Å². The van der Waals surface area contributed by atoms with Crippen LogP contribution in [0.1, 0.15) is 20.3 Å². The molecule has 0 saturated carbocycles. The summed E-state index contributed by atoms with van der Waals surface area (Å²) in [6, 6.07) is 3.42. The van der Waals surface area contributed by atoms with Gasteiger partial charge in [0.25, 0.3) is 0 Å². The summed E-state index contributed by atoms with van der Waals surface area (Å²) in [6.07, 6.45) is 3.46. The Balaban J connectivity index is 1.58. The van der Waals surface area contributed by atoms with Crippen molar-refractivity contribution in [3.05, 3.63) is 41.0 Å². The molecule has 11 heteroatoms. The molecule has 2 aromatic heterocycles. The Morgan fingerprint density at radius 1 is 1.18 bits per heavy atom. The van der Waals surface area contributed by atoms with E-state index in [2.05, 4.69) is 35.6 Å². The largest absolute Gasteiger partial charge is 0.495 e. The van der Waals surface area contributed by atoms with Gasteiger partial charge in [-0.3, -0.25) is 4.79 Å². The summed E-state index contributed by atoms with van der Waals surface area (Å²) in [5.74, 6) is 2.02. The number of pyridine rings is 1. The van der Waals surface area contributed by atoms with Crippen LogP contribution in [0.2, 0.25) is 10.0 Å². The van der Waals surface area contributed by atoms with Crippen molar-refractivity contribution in [2.24, 2.45) is 11.3 Å². The normalized spacial score (nSPS) is 20.0. The smallest absolute Gasteiger partial charge is 0.223 e. The molecule has 0 spiro atoms. The van der Waals surface area contributed by atoms with Crippen LogP contribution >= 0.6 is 23.2 Å². The maximum Gasteiger partial charge on any atom is 0.223 e. The van der Waals surface area contributed by atoms with E-state index >= 15 is 0 Å². The Kier molecular flexibility index (Phi) is 7.59. The summed E-state index contributed by atoms with van der Waals surface area (Å²) in [5.41, 5.74) is 1.92. The van der Waals surface area contributed by atoms with Gasteiger partial charge in [-0.25, -0.2) is 15.0 Å². The molecule has 2 aliphatic rings. The van der Waals surface area contributed by atoms with Gasteiger partial charge in [-0.2, -0.15) is 0 Å². The lowest BCUT2D eigenvalue weighted by Gasteiger charge is -2.46. The summed E-state index contributed by atoms with van der Waals surface area (Å²) in [6.45, 7) is 10.6. The number of carbonyl (C=O) groups excluding carboxylic acids is 1. The average molecular weight is 572 g/mol. The number of aromatic nitrogens is 3. The molecule has 3 aromatic rings. The molecule has 0 aliphatic carbocycles. The van der Waals surface area contributed by atoms with Gasteiger partial charge in [0.15, 0.2) is 11.6 Å². The number of rotatable bonds is 9. The number of hydrogen-bond acceptors (Lipinski definition) is 9. The van der Waals surface area contributed by atoms with Gasteiger partial charge in [0.2, 0.25) is 5.95 Å². The third kappa shape index (κ3) is 5.35. The quantitative estimate of drug-likeness (QED) is 0.337. The fourth-order valence-corrected chi connectivity index (χ4v) is 5.85. The van der Waals surface area contributed by atoms with Gasteiger partial charge in [-0.15, -0.1) is 0 Å². The third-order valence-corrected chi connectivity index (χ3v) is 7.87. The van der Waals surface area contributed by atoms with Crippen LogP contribution in [-0.4, -0.2) is 67.3 Å². The van der Waals surface area contributed by atoms with E-state index in [4.69, 9.17) is 47.4 Å². The van der Waals surface area contributed by atoms with Gasteiger partial charge in [-0.1, -0.05) is 43.6 Å². The number of ether oxygens (including phenoxy) is 3. The van der Waals surface area contributed by atoms with E-state index in [1.165, 1.54) is 20.3 Å². The lowest BCUT2D eigenvalue weighted by atomic mass is 9.84. The second-order valence-electron chi connectivity index (χ2n) is 10.7. The minimum Gasteiger partial charge on any atom is -0.495 e. The molecular formula is C28H31Cl2N5O4. The molecule has 39 heavy (non-hydrogen) atoms. The van der Waals surface area contributed by atoms with Crippen LogP contribution in [-0.2, 0) is 9.53 Å². The second-order valence-corrected chi connectivity index (χ2v) is 11.4. The number of carbonyl (C=O) groups is 1. The van der Waals surface area contributed by atoms with Crippen molar-refractivity contribution in [3.8, 4) is 22.8 Å². The molecule has 1 N–H and O–H groups in total. The number of nitrogens with zero attached hydrogens (tertiary/aromatic N) is 4. The Bertz CT molecular complexity index is 1410. The number of nitrogens with one attached hydrogen (secondary N) is 1. The summed E-state index contributed by atoms with van der Waals surface area (Å²) in [5, 5.41) is 4.83. The number of fused-ring (bicyclic) bond motifs is 1. The second kappa shape index (κ2) is 10.8. The van der Waals surface area contributed by atoms with Crippen LogP contribution in [0.15, 0.2) is 31.0 Å². The first-order chi connectivity index (χ1) is 18.6. The number of hydrogen-bond donors (Lipinski definition) is 1.